The van der Waals surface area contributed by atoms with E-state index in [0.29, 0.717) is 48.8 Å². The average Bonchev–Trinajstić information content (AvgIpc) is 3.65. The zero-order valence-electron chi connectivity index (χ0n) is 19.9. The van der Waals surface area contributed by atoms with Crippen molar-refractivity contribution in [1.82, 2.24) is 19.6 Å². The Balaban J connectivity index is 1.23. The highest BCUT2D eigenvalue weighted by molar-refractivity contribution is 6.02. The number of hydrogen-bond acceptors (Lipinski definition) is 7. The summed E-state index contributed by atoms with van der Waals surface area (Å²) in [5.74, 6) is -0.409. The monoisotopic (exact) mass is 505 g/mol. The maximum absolute atomic E-state index is 14.5. The van der Waals surface area contributed by atoms with E-state index >= 15 is 0 Å². The Labute approximate surface area is 211 Å². The number of amides is 1. The summed E-state index contributed by atoms with van der Waals surface area (Å²) in [6, 6.07) is 10.2. The van der Waals surface area contributed by atoms with E-state index in [1.165, 1.54) is 16.8 Å². The first-order valence-corrected chi connectivity index (χ1v) is 12.2. The van der Waals surface area contributed by atoms with Crippen molar-refractivity contribution in [2.45, 2.75) is 31.4 Å². The van der Waals surface area contributed by atoms with Gasteiger partial charge in [0.1, 0.15) is 23.1 Å². The van der Waals surface area contributed by atoms with Gasteiger partial charge < -0.3 is 20.2 Å². The van der Waals surface area contributed by atoms with E-state index < -0.39 is 17.5 Å². The number of β-amino-alcohol motifs (C(OH)–C–C–N with tert-alkyl or cyclic N) is 1. The van der Waals surface area contributed by atoms with Crippen molar-refractivity contribution in [3.05, 3.63) is 77.8 Å². The molecule has 0 saturated carbocycles. The Morgan fingerprint density at radius 3 is 2.70 bits per heavy atom. The molecule has 2 fully saturated rings. The maximum Gasteiger partial charge on any atom is 0.275 e. The predicted molar refractivity (Wildman–Crippen MR) is 134 cm³/mol. The number of imidazole rings is 1. The molecule has 1 aromatic carbocycles. The number of anilines is 3. The number of benzene rings is 1. The molecule has 190 valence electrons. The van der Waals surface area contributed by atoms with Crippen LogP contribution in [-0.2, 0) is 0 Å². The van der Waals surface area contributed by atoms with Crippen molar-refractivity contribution < 1.29 is 18.7 Å². The highest BCUT2D eigenvalue weighted by Gasteiger charge is 2.30. The fourth-order valence-electron chi connectivity index (χ4n) is 5.10. The molecular weight excluding hydrogens is 480 g/mol. The van der Waals surface area contributed by atoms with Crippen molar-refractivity contribution in [3.63, 3.8) is 0 Å². The van der Waals surface area contributed by atoms with Crippen LogP contribution in [-0.4, -0.2) is 56.3 Å². The topological polar surface area (TPSA) is 98.9 Å². The molecule has 2 atom stereocenters. The van der Waals surface area contributed by atoms with Crippen molar-refractivity contribution in [2.24, 2.45) is 0 Å². The minimum Gasteiger partial charge on any atom is -0.391 e. The van der Waals surface area contributed by atoms with Crippen LogP contribution in [0, 0.1) is 11.6 Å². The molecule has 37 heavy (non-hydrogen) atoms. The summed E-state index contributed by atoms with van der Waals surface area (Å²) in [7, 11) is 0. The average molecular weight is 506 g/mol. The second-order valence-electron chi connectivity index (χ2n) is 9.37. The minimum atomic E-state index is -0.481. The van der Waals surface area contributed by atoms with Gasteiger partial charge in [0, 0.05) is 25.2 Å². The van der Waals surface area contributed by atoms with Gasteiger partial charge in [-0.15, -0.1) is 5.10 Å². The number of nitrogens with zero attached hydrogens (tertiary/aromatic N) is 6. The molecule has 2 aliphatic heterocycles. The summed E-state index contributed by atoms with van der Waals surface area (Å²) in [5.41, 5.74) is 1.92. The fraction of sp³-hybridized carbons (Fsp3) is 0.308. The molecule has 5 heterocycles. The molecule has 11 heteroatoms. The Morgan fingerprint density at radius 2 is 1.92 bits per heavy atom. The molecule has 6 rings (SSSR count). The lowest BCUT2D eigenvalue weighted by atomic mass is 10.0. The molecule has 0 radical (unpaired) electrons. The standard InChI is InChI=1S/C26H25F2N7O2/c27-16-3-5-20(28)19(12-16)22-2-1-10-34(22)24-8-7-23-30-14-25(35(23)32-24)31-26(37)21-6-4-17(13-29-21)33-11-9-18(36)15-33/h3-8,12-14,18,22,36H,1-2,9-11,15H2,(H,31,37)/t18-,22+/m0/s1. The van der Waals surface area contributed by atoms with Crippen molar-refractivity contribution in [1.29, 1.82) is 0 Å². The van der Waals surface area contributed by atoms with Gasteiger partial charge in [-0.25, -0.2) is 18.7 Å². The third-order valence-electron chi connectivity index (χ3n) is 6.96. The Hall–Kier alpha value is -4.12. The van der Waals surface area contributed by atoms with Crippen LogP contribution in [0.15, 0.2) is 54.9 Å². The molecule has 0 unspecified atom stereocenters. The third kappa shape index (κ3) is 4.46. The highest BCUT2D eigenvalue weighted by atomic mass is 19.1. The van der Waals surface area contributed by atoms with Gasteiger partial charge in [0.25, 0.3) is 5.91 Å². The second kappa shape index (κ2) is 9.40. The molecule has 2 N–H and O–H groups in total. The van der Waals surface area contributed by atoms with E-state index in [1.807, 2.05) is 15.9 Å². The number of pyridine rings is 1. The van der Waals surface area contributed by atoms with E-state index in [9.17, 15) is 18.7 Å². The lowest BCUT2D eigenvalue weighted by Crippen LogP contribution is -2.25. The summed E-state index contributed by atoms with van der Waals surface area (Å²) in [4.78, 5) is 25.5. The summed E-state index contributed by atoms with van der Waals surface area (Å²) < 4.78 is 29.9. The quantitative estimate of drug-likeness (QED) is 0.428. The van der Waals surface area contributed by atoms with E-state index in [0.717, 1.165) is 30.8 Å². The summed E-state index contributed by atoms with van der Waals surface area (Å²) >= 11 is 0. The Bertz CT molecular complexity index is 1460. The SMILES string of the molecule is O=C(Nc1cnc2ccc(N3CCC[C@@H]3c3cc(F)ccc3F)nn12)c1ccc(N2CC[C@H](O)C2)cn1. The van der Waals surface area contributed by atoms with E-state index in [1.54, 1.807) is 24.4 Å². The van der Waals surface area contributed by atoms with Crippen LogP contribution in [0.1, 0.15) is 41.4 Å². The molecule has 2 aliphatic rings. The second-order valence-corrected chi connectivity index (χ2v) is 9.37. The van der Waals surface area contributed by atoms with Gasteiger partial charge >= 0.3 is 0 Å². The molecule has 1 amide bonds. The lowest BCUT2D eigenvalue weighted by molar-refractivity contribution is 0.102. The first-order valence-electron chi connectivity index (χ1n) is 12.2. The number of carbonyl (C=O) groups is 1. The molecule has 9 nitrogen and oxygen atoms in total. The molecule has 4 aromatic rings. The predicted octanol–water partition coefficient (Wildman–Crippen LogP) is 3.57. The van der Waals surface area contributed by atoms with Crippen LogP contribution < -0.4 is 15.1 Å². The molecule has 0 aliphatic carbocycles. The largest absolute Gasteiger partial charge is 0.391 e. The van der Waals surface area contributed by atoms with E-state index in [4.69, 9.17) is 0 Å². The number of aliphatic hydroxyl groups is 1. The van der Waals surface area contributed by atoms with Gasteiger partial charge in [0.15, 0.2) is 11.5 Å². The van der Waals surface area contributed by atoms with Gasteiger partial charge in [-0.05, 0) is 61.7 Å². The van der Waals surface area contributed by atoms with Gasteiger partial charge in [-0.1, -0.05) is 0 Å². The van der Waals surface area contributed by atoms with Crippen molar-refractivity contribution >= 4 is 28.9 Å². The van der Waals surface area contributed by atoms with E-state index in [-0.39, 0.29) is 17.8 Å². The summed E-state index contributed by atoms with van der Waals surface area (Å²) in [6.07, 6.45) is 4.98. The summed E-state index contributed by atoms with van der Waals surface area (Å²) in [5, 5.41) is 17.2. The van der Waals surface area contributed by atoms with Gasteiger partial charge in [-0.2, -0.15) is 4.52 Å². The van der Waals surface area contributed by atoms with E-state index in [2.05, 4.69) is 20.4 Å². The first-order chi connectivity index (χ1) is 18.0. The first kappa shape index (κ1) is 23.3. The van der Waals surface area contributed by atoms with Gasteiger partial charge in [0.05, 0.1) is 30.2 Å². The molecule has 0 bridgehead atoms. The molecular formula is C26H25F2N7O2. The highest BCUT2D eigenvalue weighted by Crippen LogP contribution is 2.36. The van der Waals surface area contributed by atoms with Crippen LogP contribution in [0.4, 0.5) is 26.1 Å². The lowest BCUT2D eigenvalue weighted by Gasteiger charge is -2.26. The Kier molecular flexibility index (Phi) is 5.91. The number of fused-ring (bicyclic) bond motifs is 1. The zero-order valence-corrected chi connectivity index (χ0v) is 19.9. The van der Waals surface area contributed by atoms with Crippen molar-refractivity contribution in [3.8, 4) is 0 Å². The normalized spacial score (nSPS) is 19.6. The number of hydrogen-bond donors (Lipinski definition) is 2. The number of aliphatic hydroxyl groups excluding tert-OH is 1. The molecule has 0 spiro atoms. The van der Waals surface area contributed by atoms with Gasteiger partial charge in [0.2, 0.25) is 0 Å². The maximum atomic E-state index is 14.5. The Morgan fingerprint density at radius 1 is 1.03 bits per heavy atom. The number of rotatable bonds is 5. The number of nitrogens with one attached hydrogen (secondary N) is 1. The van der Waals surface area contributed by atoms with Crippen LogP contribution >= 0.6 is 0 Å². The zero-order chi connectivity index (χ0) is 25.5. The van der Waals surface area contributed by atoms with Crippen molar-refractivity contribution in [2.75, 3.05) is 34.8 Å². The van der Waals surface area contributed by atoms with Crippen LogP contribution in [0.5, 0.6) is 0 Å². The minimum absolute atomic E-state index is 0.232. The fourth-order valence-corrected chi connectivity index (χ4v) is 5.10. The molecule has 2 saturated heterocycles. The van der Waals surface area contributed by atoms with Crippen LogP contribution in [0.25, 0.3) is 5.65 Å². The number of halogens is 2. The number of carbonyl (C=O) groups excluding carboxylic acids is 1. The smallest absolute Gasteiger partial charge is 0.275 e. The van der Waals surface area contributed by atoms with Crippen LogP contribution in [0.2, 0.25) is 0 Å². The summed E-state index contributed by atoms with van der Waals surface area (Å²) in [6.45, 7) is 1.93. The third-order valence-corrected chi connectivity index (χ3v) is 6.96. The number of aromatic nitrogens is 4. The molecule has 3 aromatic heterocycles. The van der Waals surface area contributed by atoms with Gasteiger partial charge in [-0.3, -0.25) is 4.79 Å². The van der Waals surface area contributed by atoms with Crippen LogP contribution in [0.3, 0.4) is 0 Å².